The second kappa shape index (κ2) is 8.82. The first-order valence-electron chi connectivity index (χ1n) is 6.31. The minimum absolute atomic E-state index is 0.275. The molecule has 0 bridgehead atoms. The standard InChI is InChI=1S/C6H12N4.C6H8N2.H2O4S/c1-4(2)10-6(8)5(7)3-9-10;7-5-3-1-2-4-6(5)8;1-5(2,3)4/h3-4H,7-8H2,1-2H3;1-4H,7-8H2;(H2,1,2,3,4). The lowest BCUT2D eigenvalue weighted by molar-refractivity contribution is 0.381. The van der Waals surface area contributed by atoms with Crippen LogP contribution >= 0.6 is 0 Å². The van der Waals surface area contributed by atoms with Gasteiger partial charge in [0.2, 0.25) is 0 Å². The van der Waals surface area contributed by atoms with Gasteiger partial charge in [0, 0.05) is 6.04 Å². The van der Waals surface area contributed by atoms with Crippen LogP contribution in [0.1, 0.15) is 19.9 Å². The van der Waals surface area contributed by atoms with E-state index >= 15 is 0 Å². The van der Waals surface area contributed by atoms with E-state index < -0.39 is 10.4 Å². The van der Waals surface area contributed by atoms with Crippen molar-refractivity contribution in [1.29, 1.82) is 0 Å². The van der Waals surface area contributed by atoms with Gasteiger partial charge >= 0.3 is 10.4 Å². The average molecular weight is 346 g/mol. The third-order valence-electron chi connectivity index (χ3n) is 2.35. The van der Waals surface area contributed by atoms with E-state index in [4.69, 9.17) is 40.5 Å². The molecule has 130 valence electrons. The molecule has 0 amide bonds. The zero-order valence-electron chi connectivity index (χ0n) is 12.8. The van der Waals surface area contributed by atoms with Gasteiger partial charge in [-0.3, -0.25) is 9.11 Å². The maximum absolute atomic E-state index is 8.74. The van der Waals surface area contributed by atoms with Crippen LogP contribution in [-0.4, -0.2) is 27.3 Å². The number of hydrogen-bond donors (Lipinski definition) is 6. The Morgan fingerprint density at radius 2 is 1.39 bits per heavy atom. The van der Waals surface area contributed by atoms with Crippen molar-refractivity contribution in [2.45, 2.75) is 19.9 Å². The minimum Gasteiger partial charge on any atom is -0.397 e. The molecule has 0 saturated carbocycles. The molecule has 2 rings (SSSR count). The molecule has 11 heteroatoms. The van der Waals surface area contributed by atoms with Crippen molar-refractivity contribution in [2.24, 2.45) is 0 Å². The van der Waals surface area contributed by atoms with Crippen molar-refractivity contribution in [3.05, 3.63) is 30.5 Å². The Labute approximate surface area is 134 Å². The van der Waals surface area contributed by atoms with Crippen molar-refractivity contribution in [3.63, 3.8) is 0 Å². The lowest BCUT2D eigenvalue weighted by atomic mass is 10.3. The highest BCUT2D eigenvalue weighted by atomic mass is 32.3. The second-order valence-electron chi connectivity index (χ2n) is 4.60. The van der Waals surface area contributed by atoms with Crippen molar-refractivity contribution in [2.75, 3.05) is 22.9 Å². The number of benzene rings is 1. The van der Waals surface area contributed by atoms with E-state index in [0.717, 1.165) is 0 Å². The Kier molecular flexibility index (Phi) is 7.87. The Morgan fingerprint density at radius 1 is 1.00 bits per heavy atom. The maximum Gasteiger partial charge on any atom is 0.394 e. The monoisotopic (exact) mass is 346 g/mol. The zero-order valence-corrected chi connectivity index (χ0v) is 13.6. The molecule has 0 spiro atoms. The van der Waals surface area contributed by atoms with Gasteiger partial charge < -0.3 is 22.9 Å². The van der Waals surface area contributed by atoms with Crippen molar-refractivity contribution in [3.8, 4) is 0 Å². The van der Waals surface area contributed by atoms with Gasteiger partial charge in [0.05, 0.1) is 23.3 Å². The Morgan fingerprint density at radius 3 is 1.57 bits per heavy atom. The molecule has 0 aliphatic carbocycles. The zero-order chi connectivity index (χ0) is 18.2. The van der Waals surface area contributed by atoms with E-state index in [-0.39, 0.29) is 6.04 Å². The average Bonchev–Trinajstić information content (AvgIpc) is 2.72. The van der Waals surface area contributed by atoms with Crippen LogP contribution in [0.15, 0.2) is 30.5 Å². The van der Waals surface area contributed by atoms with Gasteiger partial charge in [0.25, 0.3) is 0 Å². The van der Waals surface area contributed by atoms with Gasteiger partial charge in [-0.05, 0) is 26.0 Å². The van der Waals surface area contributed by atoms with Gasteiger partial charge in [0.1, 0.15) is 5.82 Å². The molecule has 10 N–H and O–H groups in total. The van der Waals surface area contributed by atoms with Gasteiger partial charge in [-0.2, -0.15) is 13.5 Å². The normalized spacial score (nSPS) is 10.3. The molecule has 10 nitrogen and oxygen atoms in total. The van der Waals surface area contributed by atoms with E-state index in [1.807, 2.05) is 26.0 Å². The second-order valence-corrected chi connectivity index (χ2v) is 5.50. The van der Waals surface area contributed by atoms with Crippen LogP contribution in [0.25, 0.3) is 0 Å². The summed E-state index contributed by atoms with van der Waals surface area (Å²) in [6.45, 7) is 4.01. The van der Waals surface area contributed by atoms with Gasteiger partial charge in [-0.25, -0.2) is 4.68 Å². The lowest BCUT2D eigenvalue weighted by Crippen LogP contribution is -2.07. The number of rotatable bonds is 1. The molecule has 0 unspecified atom stereocenters. The van der Waals surface area contributed by atoms with Crippen LogP contribution in [0.3, 0.4) is 0 Å². The highest BCUT2D eigenvalue weighted by molar-refractivity contribution is 7.79. The molecule has 0 aliphatic rings. The van der Waals surface area contributed by atoms with Crippen molar-refractivity contribution < 1.29 is 17.5 Å². The van der Waals surface area contributed by atoms with Crippen LogP contribution in [0.5, 0.6) is 0 Å². The third kappa shape index (κ3) is 9.18. The highest BCUT2D eigenvalue weighted by Crippen LogP contribution is 2.16. The molecular weight excluding hydrogens is 324 g/mol. The fraction of sp³-hybridized carbons (Fsp3) is 0.250. The summed E-state index contributed by atoms with van der Waals surface area (Å²) in [5.41, 5.74) is 23.7. The van der Waals surface area contributed by atoms with Gasteiger partial charge in [0.15, 0.2) is 0 Å². The molecule has 1 heterocycles. The summed E-state index contributed by atoms with van der Waals surface area (Å²) in [5, 5.41) is 3.98. The van der Waals surface area contributed by atoms with Crippen LogP contribution in [0, 0.1) is 0 Å². The van der Waals surface area contributed by atoms with Gasteiger partial charge in [-0.15, -0.1) is 0 Å². The largest absolute Gasteiger partial charge is 0.397 e. The van der Waals surface area contributed by atoms with Crippen LogP contribution in [0.2, 0.25) is 0 Å². The minimum atomic E-state index is -4.67. The summed E-state index contributed by atoms with van der Waals surface area (Å²) >= 11 is 0. The van der Waals surface area contributed by atoms with Crippen LogP contribution < -0.4 is 22.9 Å². The molecule has 0 aliphatic heterocycles. The first-order chi connectivity index (χ1) is 10.4. The molecular formula is C12H22N6O4S. The molecule has 2 aromatic rings. The van der Waals surface area contributed by atoms with E-state index in [1.165, 1.54) is 0 Å². The van der Waals surface area contributed by atoms with E-state index in [2.05, 4.69) is 5.10 Å². The lowest BCUT2D eigenvalue weighted by Gasteiger charge is -2.06. The summed E-state index contributed by atoms with van der Waals surface area (Å²) in [4.78, 5) is 0. The highest BCUT2D eigenvalue weighted by Gasteiger charge is 2.05. The van der Waals surface area contributed by atoms with E-state index in [0.29, 0.717) is 22.9 Å². The molecule has 0 fully saturated rings. The first-order valence-corrected chi connectivity index (χ1v) is 7.71. The summed E-state index contributed by atoms with van der Waals surface area (Å²) in [7, 11) is -4.67. The fourth-order valence-electron chi connectivity index (χ4n) is 1.31. The van der Waals surface area contributed by atoms with E-state index in [9.17, 15) is 0 Å². The summed E-state index contributed by atoms with van der Waals surface area (Å²) in [5.74, 6) is 0.551. The molecule has 0 saturated heterocycles. The number of nitrogen functional groups attached to an aromatic ring is 4. The molecule has 0 atom stereocenters. The smallest absolute Gasteiger partial charge is 0.394 e. The number of nitrogens with two attached hydrogens (primary N) is 4. The Balaban J connectivity index is 0.000000335. The van der Waals surface area contributed by atoms with Crippen LogP contribution in [0.4, 0.5) is 22.9 Å². The predicted molar refractivity (Wildman–Crippen MR) is 90.9 cm³/mol. The van der Waals surface area contributed by atoms with Crippen LogP contribution in [-0.2, 0) is 10.4 Å². The van der Waals surface area contributed by atoms with E-state index in [1.54, 1.807) is 23.0 Å². The van der Waals surface area contributed by atoms with Crippen molar-refractivity contribution >= 4 is 33.3 Å². The third-order valence-corrected chi connectivity index (χ3v) is 2.35. The van der Waals surface area contributed by atoms with Crippen molar-refractivity contribution in [1.82, 2.24) is 9.78 Å². The number of para-hydroxylation sites is 2. The SMILES string of the molecule is CC(C)n1ncc(N)c1N.Nc1ccccc1N.O=S(=O)(O)O. The molecule has 1 aromatic heterocycles. The van der Waals surface area contributed by atoms with Gasteiger partial charge in [-0.1, -0.05) is 12.1 Å². The molecule has 1 aromatic carbocycles. The fourth-order valence-corrected chi connectivity index (χ4v) is 1.31. The number of hydrogen-bond acceptors (Lipinski definition) is 7. The summed E-state index contributed by atoms with van der Waals surface area (Å²) < 4.78 is 33.3. The maximum atomic E-state index is 8.74. The Bertz CT molecular complexity index is 685. The molecule has 0 radical (unpaired) electrons. The predicted octanol–water partition coefficient (Wildman–Crippen LogP) is 0.827. The molecule has 23 heavy (non-hydrogen) atoms. The topological polar surface area (TPSA) is 196 Å². The number of nitrogens with zero attached hydrogens (tertiary/aromatic N) is 2. The first kappa shape index (κ1) is 20.5. The number of anilines is 4. The quantitative estimate of drug-likeness (QED) is 0.320. The summed E-state index contributed by atoms with van der Waals surface area (Å²) in [6, 6.07) is 7.53. The summed E-state index contributed by atoms with van der Waals surface area (Å²) in [6.07, 6.45) is 1.56. The Hall–Kier alpha value is -2.50. The number of aromatic nitrogens is 2.